The van der Waals surface area contributed by atoms with E-state index in [0.29, 0.717) is 37.8 Å². The van der Waals surface area contributed by atoms with Crippen LogP contribution in [0.5, 0.6) is 0 Å². The summed E-state index contributed by atoms with van der Waals surface area (Å²) in [7, 11) is 0. The minimum absolute atomic E-state index is 0. The van der Waals surface area contributed by atoms with Crippen molar-refractivity contribution in [1.82, 2.24) is 30.4 Å². The normalized spacial score (nSPS) is 32.0. The molecule has 4 fully saturated rings. The zero-order valence-electron chi connectivity index (χ0n) is 32.8. The second-order valence-corrected chi connectivity index (χ2v) is 18.0. The average molecular weight is 820 g/mol. The maximum atomic E-state index is 13.7. The maximum Gasteiger partial charge on any atom is 0.226 e. The summed E-state index contributed by atoms with van der Waals surface area (Å²) in [6.07, 6.45) is 8.60. The number of halogens is 2. The number of amides is 2. The molecule has 0 bridgehead atoms. The molecule has 0 radical (unpaired) electrons. The number of aliphatic hydroxyl groups is 2. The van der Waals surface area contributed by atoms with Crippen molar-refractivity contribution in [2.45, 2.75) is 94.9 Å². The van der Waals surface area contributed by atoms with E-state index in [2.05, 4.69) is 78.9 Å². The van der Waals surface area contributed by atoms with Crippen LogP contribution < -0.4 is 10.6 Å². The number of piperidine rings is 2. The number of unbranched alkanes of at least 4 members (excludes halogenated alkanes) is 2. The van der Waals surface area contributed by atoms with Gasteiger partial charge in [0.15, 0.2) is 0 Å². The molecule has 2 aromatic carbocycles. The molecule has 4 aliphatic heterocycles. The summed E-state index contributed by atoms with van der Waals surface area (Å²) in [5, 5.41) is 31.4. The van der Waals surface area contributed by atoms with E-state index < -0.39 is 12.2 Å². The number of benzene rings is 2. The third-order valence-electron chi connectivity index (χ3n) is 15.2. The molecule has 0 unspecified atom stereocenters. The van der Waals surface area contributed by atoms with Gasteiger partial charge in [0.25, 0.3) is 0 Å². The molecular weight excluding hydrogens is 759 g/mol. The van der Waals surface area contributed by atoms with Gasteiger partial charge in [-0.25, -0.2) is 0 Å². The molecule has 6 N–H and O–H groups in total. The van der Waals surface area contributed by atoms with E-state index in [1.165, 1.54) is 44.3 Å². The van der Waals surface area contributed by atoms with E-state index in [9.17, 15) is 19.8 Å². The number of aromatic amines is 2. The van der Waals surface area contributed by atoms with Gasteiger partial charge < -0.3 is 30.8 Å². The first kappa shape index (κ1) is 40.7. The van der Waals surface area contributed by atoms with Gasteiger partial charge >= 0.3 is 0 Å². The Morgan fingerprint density at radius 2 is 1.07 bits per heavy atom. The standard InChI is InChI=1S/C45H58N6O4.2ClH/c52-38-14-12-26-24-50-20-16-30-28-8-2-4-10-34(28)48-42(30)36(50)22-32(26)40(38)44(54)46-18-6-1-7-19-47-45(55)41-33-23-37-43-31(29-9-3-5-11-35(29)49-43)17-21-51(37)25-27(33)13-15-39(41)53;;/h2-5,8-11,26-27,32-33,36-41,48-49,52-53H,1,6-7,12-25H2,(H,46,54)(H,47,55);2*1H/t26-,27-,32-,33-,36-,37-,38-,39-,40+,41+;;/m0../s1. The summed E-state index contributed by atoms with van der Waals surface area (Å²) in [6.45, 7) is 5.25. The minimum Gasteiger partial charge on any atom is -0.392 e. The number of rotatable bonds is 8. The third-order valence-corrected chi connectivity index (χ3v) is 15.2. The first-order chi connectivity index (χ1) is 26.9. The van der Waals surface area contributed by atoms with Crippen molar-refractivity contribution in [3.8, 4) is 0 Å². The molecule has 0 spiro atoms. The highest BCUT2D eigenvalue weighted by Gasteiger charge is 2.50. The fourth-order valence-electron chi connectivity index (χ4n) is 12.5. The van der Waals surface area contributed by atoms with Gasteiger partial charge in [0.05, 0.1) is 36.1 Å². The smallest absolute Gasteiger partial charge is 0.226 e. The van der Waals surface area contributed by atoms with Gasteiger partial charge in [-0.3, -0.25) is 19.4 Å². The van der Waals surface area contributed by atoms with Crippen LogP contribution in [0.1, 0.15) is 92.4 Å². The lowest BCUT2D eigenvalue weighted by atomic mass is 9.64. The van der Waals surface area contributed by atoms with Crippen LogP contribution in [0.2, 0.25) is 0 Å². The van der Waals surface area contributed by atoms with Gasteiger partial charge in [0.2, 0.25) is 11.8 Å². The molecule has 10 nitrogen and oxygen atoms in total. The number of nitrogens with one attached hydrogen (secondary N) is 4. The molecule has 12 heteroatoms. The Morgan fingerprint density at radius 3 is 1.53 bits per heavy atom. The minimum atomic E-state index is -0.599. The largest absolute Gasteiger partial charge is 0.392 e. The Labute approximate surface area is 348 Å². The predicted octanol–water partition coefficient (Wildman–Crippen LogP) is 6.21. The molecule has 2 aromatic heterocycles. The fraction of sp³-hybridized carbons (Fsp3) is 0.600. The van der Waals surface area contributed by atoms with Gasteiger partial charge in [0.1, 0.15) is 0 Å². The van der Waals surface area contributed by atoms with E-state index in [1.807, 2.05) is 0 Å². The quantitative estimate of drug-likeness (QED) is 0.117. The van der Waals surface area contributed by atoms with E-state index in [-0.39, 0.29) is 72.4 Å². The zero-order valence-corrected chi connectivity index (χ0v) is 34.5. The number of hydrogen-bond acceptors (Lipinski definition) is 6. The van der Waals surface area contributed by atoms with E-state index >= 15 is 0 Å². The highest BCUT2D eigenvalue weighted by atomic mass is 35.5. The topological polar surface area (TPSA) is 137 Å². The van der Waals surface area contributed by atoms with Crippen molar-refractivity contribution in [1.29, 1.82) is 0 Å². The number of carbonyl (C=O) groups is 2. The van der Waals surface area contributed by atoms with Crippen LogP contribution in [0.4, 0.5) is 0 Å². The average Bonchev–Trinajstić information content (AvgIpc) is 3.78. The van der Waals surface area contributed by atoms with Crippen LogP contribution in [-0.4, -0.2) is 93.3 Å². The predicted molar refractivity (Wildman–Crippen MR) is 228 cm³/mol. The highest BCUT2D eigenvalue weighted by Crippen LogP contribution is 2.51. The van der Waals surface area contributed by atoms with Crippen LogP contribution in [0.25, 0.3) is 21.8 Å². The summed E-state index contributed by atoms with van der Waals surface area (Å²) >= 11 is 0. The van der Waals surface area contributed by atoms with Crippen molar-refractivity contribution < 1.29 is 19.8 Å². The van der Waals surface area contributed by atoms with Crippen LogP contribution in [0, 0.1) is 35.5 Å². The second kappa shape index (κ2) is 16.9. The SMILES string of the molecule is Cl.Cl.O=C(NCCCCCNC(=O)[C@@H]1[C@H]2C[C@H]3c4[nH]c5ccccc5c4CCN3C[C@@H]2CC[C@@H]1O)[C@@H]1[C@H]2C[C@H]3c4[nH]c5ccccc5c4CCN3C[C@@H]2CC[C@@H]1O. The number of para-hydroxylation sites is 2. The first-order valence-corrected chi connectivity index (χ1v) is 21.5. The third kappa shape index (κ3) is 7.31. The van der Waals surface area contributed by atoms with Crippen LogP contribution in [0.3, 0.4) is 0 Å². The van der Waals surface area contributed by atoms with Gasteiger partial charge in [-0.05, 0) is 118 Å². The van der Waals surface area contributed by atoms with Crippen molar-refractivity contribution in [3.05, 3.63) is 71.0 Å². The summed E-state index contributed by atoms with van der Waals surface area (Å²) in [5.41, 5.74) is 7.87. The lowest BCUT2D eigenvalue weighted by Gasteiger charge is -2.51. The Kier molecular flexibility index (Phi) is 12.0. The summed E-state index contributed by atoms with van der Waals surface area (Å²) in [5.74, 6) is 0.465. The Hall–Kier alpha value is -3.12. The first-order valence-electron chi connectivity index (χ1n) is 21.5. The number of aliphatic hydroxyl groups excluding tert-OH is 2. The van der Waals surface area contributed by atoms with E-state index in [1.54, 1.807) is 0 Å². The van der Waals surface area contributed by atoms with Crippen LogP contribution >= 0.6 is 24.8 Å². The number of nitrogens with zero attached hydrogens (tertiary/aromatic N) is 2. The monoisotopic (exact) mass is 818 g/mol. The molecule has 4 aromatic rings. The molecule has 10 rings (SSSR count). The highest BCUT2D eigenvalue weighted by molar-refractivity contribution is 5.86. The molecule has 2 saturated carbocycles. The molecule has 2 aliphatic carbocycles. The van der Waals surface area contributed by atoms with Crippen molar-refractivity contribution >= 4 is 58.4 Å². The molecule has 6 aliphatic rings. The fourth-order valence-corrected chi connectivity index (χ4v) is 12.5. The molecular formula is C45H60Cl2N6O4. The number of carbonyl (C=O) groups excluding carboxylic acids is 2. The van der Waals surface area contributed by atoms with Gasteiger partial charge in [-0.15, -0.1) is 24.8 Å². The van der Waals surface area contributed by atoms with Crippen LogP contribution in [-0.2, 0) is 22.4 Å². The van der Waals surface area contributed by atoms with Crippen molar-refractivity contribution in [3.63, 3.8) is 0 Å². The van der Waals surface area contributed by atoms with Crippen LogP contribution in [0.15, 0.2) is 48.5 Å². The second-order valence-electron chi connectivity index (χ2n) is 18.0. The molecule has 10 atom stereocenters. The Bertz CT molecular complexity index is 1930. The summed E-state index contributed by atoms with van der Waals surface area (Å²) in [4.78, 5) is 40.2. The molecule has 57 heavy (non-hydrogen) atoms. The van der Waals surface area contributed by atoms with Gasteiger partial charge in [-0.1, -0.05) is 36.4 Å². The van der Waals surface area contributed by atoms with E-state index in [4.69, 9.17) is 0 Å². The van der Waals surface area contributed by atoms with Crippen molar-refractivity contribution in [2.75, 3.05) is 39.3 Å². The zero-order chi connectivity index (χ0) is 37.2. The number of hydrogen-bond donors (Lipinski definition) is 6. The molecule has 2 amide bonds. The lowest BCUT2D eigenvalue weighted by molar-refractivity contribution is -0.140. The number of aromatic nitrogens is 2. The van der Waals surface area contributed by atoms with E-state index in [0.717, 1.165) is 84.0 Å². The summed E-state index contributed by atoms with van der Waals surface area (Å²) in [6, 6.07) is 17.7. The molecule has 308 valence electrons. The number of H-pyrrole nitrogens is 2. The molecule has 6 heterocycles. The lowest BCUT2D eigenvalue weighted by Crippen LogP contribution is -2.55. The Balaban J connectivity index is 0.00000228. The van der Waals surface area contributed by atoms with Gasteiger partial charge in [-0.2, -0.15) is 0 Å². The molecule has 2 saturated heterocycles. The summed E-state index contributed by atoms with van der Waals surface area (Å²) < 4.78 is 0. The maximum absolute atomic E-state index is 13.7. The van der Waals surface area contributed by atoms with Crippen molar-refractivity contribution in [2.24, 2.45) is 35.5 Å². The van der Waals surface area contributed by atoms with Gasteiger partial charge in [0, 0.05) is 72.5 Å². The Morgan fingerprint density at radius 1 is 0.632 bits per heavy atom. The number of fused-ring (bicyclic) bond motifs is 12.